The number of hydrogen-bond acceptors (Lipinski definition) is 3. The van der Waals surface area contributed by atoms with E-state index in [4.69, 9.17) is 10.8 Å². The van der Waals surface area contributed by atoms with E-state index in [1.54, 1.807) is 0 Å². The largest absolute Gasteiger partial charge is 0.326 e. The zero-order valence-corrected chi connectivity index (χ0v) is 13.4. The Balaban J connectivity index is 1.58. The number of likely N-dealkylation sites (N-methyl/N-ethyl adjacent to an activating group) is 1. The van der Waals surface area contributed by atoms with Crippen molar-refractivity contribution >= 4 is 0 Å². The van der Waals surface area contributed by atoms with E-state index in [0.717, 1.165) is 6.54 Å². The molecule has 2 N–H and O–H groups in total. The van der Waals surface area contributed by atoms with E-state index in [0.29, 0.717) is 18.1 Å². The standard InChI is InChI=1S/C17H30N4/c1-20(17-10-6-5-9-16(17)18)13-14-11-12-21(19-14)15-7-3-2-4-8-15/h11-12,15-17H,2-10,13,18H2,1H3. The average molecular weight is 290 g/mol. The Hall–Kier alpha value is -0.870. The summed E-state index contributed by atoms with van der Waals surface area (Å²) in [7, 11) is 2.20. The Bertz CT molecular complexity index is 436. The van der Waals surface area contributed by atoms with Gasteiger partial charge in [-0.3, -0.25) is 9.58 Å². The molecule has 4 heteroatoms. The summed E-state index contributed by atoms with van der Waals surface area (Å²) < 4.78 is 2.21. The van der Waals surface area contributed by atoms with Crippen LogP contribution in [0.4, 0.5) is 0 Å². The predicted octanol–water partition coefficient (Wildman–Crippen LogP) is 3.09. The van der Waals surface area contributed by atoms with Crippen LogP contribution < -0.4 is 5.73 Å². The molecule has 0 amide bonds. The van der Waals surface area contributed by atoms with E-state index in [2.05, 4.69) is 28.9 Å². The van der Waals surface area contributed by atoms with Crippen LogP contribution in [0.15, 0.2) is 12.3 Å². The normalized spacial score (nSPS) is 28.1. The average Bonchev–Trinajstić information content (AvgIpc) is 2.97. The minimum Gasteiger partial charge on any atom is -0.326 e. The Morgan fingerprint density at radius 3 is 2.62 bits per heavy atom. The maximum atomic E-state index is 6.29. The molecule has 0 aliphatic heterocycles. The van der Waals surface area contributed by atoms with E-state index in [1.165, 1.54) is 63.5 Å². The van der Waals surface area contributed by atoms with Crippen molar-refractivity contribution < 1.29 is 0 Å². The summed E-state index contributed by atoms with van der Waals surface area (Å²) in [6.45, 7) is 0.929. The second kappa shape index (κ2) is 6.93. The molecule has 0 saturated heterocycles. The predicted molar refractivity (Wildman–Crippen MR) is 86.0 cm³/mol. The van der Waals surface area contributed by atoms with E-state index in [9.17, 15) is 0 Å². The van der Waals surface area contributed by atoms with Gasteiger partial charge >= 0.3 is 0 Å². The maximum absolute atomic E-state index is 6.29. The SMILES string of the molecule is CN(Cc1ccn(C2CCCCC2)n1)C1CCCCC1N. The van der Waals surface area contributed by atoms with Gasteiger partial charge in [0.05, 0.1) is 11.7 Å². The van der Waals surface area contributed by atoms with Crippen LogP contribution in [0.2, 0.25) is 0 Å². The summed E-state index contributed by atoms with van der Waals surface area (Å²) >= 11 is 0. The van der Waals surface area contributed by atoms with Crippen LogP contribution in [0.3, 0.4) is 0 Å². The van der Waals surface area contributed by atoms with E-state index in [-0.39, 0.29) is 0 Å². The lowest BCUT2D eigenvalue weighted by molar-refractivity contribution is 0.160. The lowest BCUT2D eigenvalue weighted by atomic mass is 9.90. The van der Waals surface area contributed by atoms with Gasteiger partial charge in [-0.15, -0.1) is 0 Å². The summed E-state index contributed by atoms with van der Waals surface area (Å²) in [5.74, 6) is 0. The highest BCUT2D eigenvalue weighted by Crippen LogP contribution is 2.28. The van der Waals surface area contributed by atoms with Crippen LogP contribution in [0, 0.1) is 0 Å². The van der Waals surface area contributed by atoms with Crippen molar-refractivity contribution in [2.24, 2.45) is 5.73 Å². The molecule has 2 saturated carbocycles. The van der Waals surface area contributed by atoms with Crippen LogP contribution in [-0.4, -0.2) is 33.8 Å². The number of aromatic nitrogens is 2. The molecule has 118 valence electrons. The quantitative estimate of drug-likeness (QED) is 0.927. The van der Waals surface area contributed by atoms with Crippen LogP contribution in [0.5, 0.6) is 0 Å². The number of rotatable bonds is 4. The Labute approximate surface area is 128 Å². The van der Waals surface area contributed by atoms with Gasteiger partial charge in [-0.1, -0.05) is 32.1 Å². The van der Waals surface area contributed by atoms with E-state index >= 15 is 0 Å². The summed E-state index contributed by atoms with van der Waals surface area (Å²) in [4.78, 5) is 2.41. The zero-order valence-electron chi connectivity index (χ0n) is 13.4. The number of hydrogen-bond donors (Lipinski definition) is 1. The van der Waals surface area contributed by atoms with Gasteiger partial charge in [-0.05, 0) is 38.8 Å². The fourth-order valence-electron chi connectivity index (χ4n) is 4.07. The third-order valence-corrected chi connectivity index (χ3v) is 5.37. The van der Waals surface area contributed by atoms with Gasteiger partial charge in [0, 0.05) is 24.8 Å². The molecule has 2 atom stereocenters. The van der Waals surface area contributed by atoms with Crippen molar-refractivity contribution in [3.63, 3.8) is 0 Å². The van der Waals surface area contributed by atoms with Gasteiger partial charge in [0.2, 0.25) is 0 Å². The van der Waals surface area contributed by atoms with Gasteiger partial charge in [0.15, 0.2) is 0 Å². The molecular formula is C17H30N4. The molecule has 2 aliphatic rings. The van der Waals surface area contributed by atoms with Gasteiger partial charge in [-0.25, -0.2) is 0 Å². The van der Waals surface area contributed by atoms with Crippen LogP contribution >= 0.6 is 0 Å². The lowest BCUT2D eigenvalue weighted by Crippen LogP contribution is -2.47. The molecule has 0 bridgehead atoms. The molecular weight excluding hydrogens is 260 g/mol. The summed E-state index contributed by atoms with van der Waals surface area (Å²) in [5, 5.41) is 4.83. The third-order valence-electron chi connectivity index (χ3n) is 5.37. The topological polar surface area (TPSA) is 47.1 Å². The minimum absolute atomic E-state index is 0.337. The second-order valence-corrected chi connectivity index (χ2v) is 7.01. The van der Waals surface area contributed by atoms with Gasteiger partial charge in [0.25, 0.3) is 0 Å². The monoisotopic (exact) mass is 290 g/mol. The molecule has 3 rings (SSSR count). The van der Waals surface area contributed by atoms with Gasteiger partial charge < -0.3 is 5.73 Å². The fourth-order valence-corrected chi connectivity index (χ4v) is 4.07. The summed E-state index contributed by atoms with van der Waals surface area (Å²) in [6, 6.07) is 3.69. The summed E-state index contributed by atoms with van der Waals surface area (Å²) in [6.07, 6.45) is 13.9. The molecule has 4 nitrogen and oxygen atoms in total. The van der Waals surface area contributed by atoms with Crippen molar-refractivity contribution in [1.29, 1.82) is 0 Å². The molecule has 2 aliphatic carbocycles. The lowest BCUT2D eigenvalue weighted by Gasteiger charge is -2.35. The van der Waals surface area contributed by atoms with Crippen LogP contribution in [0.25, 0.3) is 0 Å². The first-order valence-electron chi connectivity index (χ1n) is 8.74. The number of nitrogens with zero attached hydrogens (tertiary/aromatic N) is 3. The van der Waals surface area contributed by atoms with Gasteiger partial charge in [0.1, 0.15) is 0 Å². The Morgan fingerprint density at radius 1 is 1.14 bits per heavy atom. The highest BCUT2D eigenvalue weighted by molar-refractivity contribution is 5.01. The molecule has 1 aromatic rings. The van der Waals surface area contributed by atoms with E-state index in [1.807, 2.05) is 0 Å². The maximum Gasteiger partial charge on any atom is 0.0764 e. The molecule has 0 spiro atoms. The zero-order chi connectivity index (χ0) is 14.7. The molecule has 1 heterocycles. The molecule has 0 radical (unpaired) electrons. The van der Waals surface area contributed by atoms with Crippen molar-refractivity contribution in [1.82, 2.24) is 14.7 Å². The van der Waals surface area contributed by atoms with Crippen molar-refractivity contribution in [2.45, 2.75) is 82.5 Å². The first-order valence-corrected chi connectivity index (χ1v) is 8.74. The highest BCUT2D eigenvalue weighted by Gasteiger charge is 2.26. The fraction of sp³-hybridized carbons (Fsp3) is 0.824. The second-order valence-electron chi connectivity index (χ2n) is 7.01. The first kappa shape index (κ1) is 15.0. The van der Waals surface area contributed by atoms with Gasteiger partial charge in [-0.2, -0.15) is 5.10 Å². The third kappa shape index (κ3) is 3.67. The molecule has 0 aromatic carbocycles. The molecule has 1 aromatic heterocycles. The molecule has 2 fully saturated rings. The van der Waals surface area contributed by atoms with Crippen LogP contribution in [0.1, 0.15) is 69.5 Å². The molecule has 21 heavy (non-hydrogen) atoms. The van der Waals surface area contributed by atoms with Crippen molar-refractivity contribution in [2.75, 3.05) is 7.05 Å². The minimum atomic E-state index is 0.337. The number of nitrogens with two attached hydrogens (primary N) is 1. The summed E-state index contributed by atoms with van der Waals surface area (Å²) in [5.41, 5.74) is 7.48. The Kier molecular flexibility index (Phi) is 4.96. The smallest absolute Gasteiger partial charge is 0.0764 e. The Morgan fingerprint density at radius 2 is 1.86 bits per heavy atom. The first-order chi connectivity index (χ1) is 10.2. The highest BCUT2D eigenvalue weighted by atomic mass is 15.3. The van der Waals surface area contributed by atoms with Crippen LogP contribution in [-0.2, 0) is 6.54 Å². The van der Waals surface area contributed by atoms with E-state index < -0.39 is 0 Å². The van der Waals surface area contributed by atoms with Crippen molar-refractivity contribution in [3.8, 4) is 0 Å². The van der Waals surface area contributed by atoms with Crippen molar-refractivity contribution in [3.05, 3.63) is 18.0 Å². The molecule has 2 unspecified atom stereocenters.